The summed E-state index contributed by atoms with van der Waals surface area (Å²) in [6, 6.07) is 9.69. The molecule has 18 heavy (non-hydrogen) atoms. The van der Waals surface area contributed by atoms with Gasteiger partial charge in [0, 0.05) is 30.9 Å². The molecule has 2 unspecified atom stereocenters. The molecule has 0 spiro atoms. The van der Waals surface area contributed by atoms with E-state index in [4.69, 9.17) is 4.74 Å². The maximum Gasteiger partial charge on any atom is 0.119 e. The molecule has 2 fully saturated rings. The van der Waals surface area contributed by atoms with Gasteiger partial charge in [-0.25, -0.2) is 0 Å². The van der Waals surface area contributed by atoms with Crippen LogP contribution in [0.4, 0.5) is 5.69 Å². The van der Waals surface area contributed by atoms with Crippen LogP contribution < -0.4 is 15.0 Å². The van der Waals surface area contributed by atoms with Gasteiger partial charge >= 0.3 is 0 Å². The zero-order valence-electron chi connectivity index (χ0n) is 11.2. The Morgan fingerprint density at radius 3 is 2.56 bits per heavy atom. The minimum atomic E-state index is 0.563. The van der Waals surface area contributed by atoms with Gasteiger partial charge in [-0.1, -0.05) is 0 Å². The highest BCUT2D eigenvalue weighted by Gasteiger charge is 2.36. The lowest BCUT2D eigenvalue weighted by Crippen LogP contribution is -2.56. The Labute approximate surface area is 109 Å². The Balaban J connectivity index is 1.74. The second-order valence-corrected chi connectivity index (χ2v) is 5.55. The monoisotopic (exact) mass is 246 g/mol. The molecule has 2 aliphatic rings. The van der Waals surface area contributed by atoms with Crippen LogP contribution in [0, 0.1) is 5.92 Å². The molecule has 1 saturated heterocycles. The molecular formula is C15H22N2O. The Morgan fingerprint density at radius 1 is 1.22 bits per heavy atom. The molecule has 0 aromatic heterocycles. The zero-order valence-corrected chi connectivity index (χ0v) is 11.2. The first-order valence-electron chi connectivity index (χ1n) is 6.92. The number of rotatable bonds is 3. The topological polar surface area (TPSA) is 24.5 Å². The van der Waals surface area contributed by atoms with Gasteiger partial charge < -0.3 is 15.0 Å². The molecule has 1 saturated carbocycles. The number of benzene rings is 1. The fraction of sp³-hybridized carbons (Fsp3) is 0.600. The molecule has 0 radical (unpaired) electrons. The van der Waals surface area contributed by atoms with Crippen LogP contribution in [-0.4, -0.2) is 32.3 Å². The number of methoxy groups -OCH3 is 1. The minimum Gasteiger partial charge on any atom is -0.497 e. The first-order valence-corrected chi connectivity index (χ1v) is 6.92. The summed E-state index contributed by atoms with van der Waals surface area (Å²) in [6.07, 6.45) is 2.81. The van der Waals surface area contributed by atoms with Gasteiger partial charge in [-0.3, -0.25) is 0 Å². The summed E-state index contributed by atoms with van der Waals surface area (Å²) in [5.41, 5.74) is 1.32. The van der Waals surface area contributed by atoms with Gasteiger partial charge in [0.25, 0.3) is 0 Å². The van der Waals surface area contributed by atoms with Crippen molar-refractivity contribution in [3.05, 3.63) is 24.3 Å². The predicted molar refractivity (Wildman–Crippen MR) is 74.3 cm³/mol. The van der Waals surface area contributed by atoms with E-state index in [0.29, 0.717) is 12.1 Å². The summed E-state index contributed by atoms with van der Waals surface area (Å²) in [5, 5.41) is 3.69. The fourth-order valence-electron chi connectivity index (χ4n) is 2.84. The molecule has 98 valence electrons. The largest absolute Gasteiger partial charge is 0.497 e. The van der Waals surface area contributed by atoms with Crippen molar-refractivity contribution in [3.63, 3.8) is 0 Å². The molecule has 0 bridgehead atoms. The maximum atomic E-state index is 5.22. The molecule has 1 aliphatic carbocycles. The molecule has 1 heterocycles. The molecule has 1 aromatic rings. The van der Waals surface area contributed by atoms with Crippen molar-refractivity contribution < 1.29 is 4.74 Å². The summed E-state index contributed by atoms with van der Waals surface area (Å²) >= 11 is 0. The van der Waals surface area contributed by atoms with Gasteiger partial charge in [0.05, 0.1) is 7.11 Å². The van der Waals surface area contributed by atoms with Gasteiger partial charge in [0.15, 0.2) is 0 Å². The molecule has 1 N–H and O–H groups in total. The highest BCUT2D eigenvalue weighted by atomic mass is 16.5. The number of ether oxygens (including phenoxy) is 1. The Bertz CT molecular complexity index is 399. The van der Waals surface area contributed by atoms with Crippen LogP contribution in [0.2, 0.25) is 0 Å². The van der Waals surface area contributed by atoms with Crippen LogP contribution >= 0.6 is 0 Å². The Morgan fingerprint density at radius 2 is 1.94 bits per heavy atom. The van der Waals surface area contributed by atoms with E-state index in [1.54, 1.807) is 7.11 Å². The highest BCUT2D eigenvalue weighted by Crippen LogP contribution is 2.35. The third-order valence-corrected chi connectivity index (χ3v) is 4.20. The Kier molecular flexibility index (Phi) is 3.16. The fourth-order valence-corrected chi connectivity index (χ4v) is 2.84. The number of anilines is 1. The molecule has 2 atom stereocenters. The second kappa shape index (κ2) is 4.81. The number of nitrogens with zero attached hydrogens (tertiary/aromatic N) is 1. The Hall–Kier alpha value is -1.22. The predicted octanol–water partition coefficient (Wildman–Crippen LogP) is 2.27. The number of hydrogen-bond acceptors (Lipinski definition) is 3. The van der Waals surface area contributed by atoms with Crippen LogP contribution in [0.25, 0.3) is 0 Å². The van der Waals surface area contributed by atoms with Crippen molar-refractivity contribution in [2.24, 2.45) is 5.92 Å². The van der Waals surface area contributed by atoms with Gasteiger partial charge in [0.2, 0.25) is 0 Å². The second-order valence-electron chi connectivity index (χ2n) is 5.55. The van der Waals surface area contributed by atoms with Crippen LogP contribution in [0.3, 0.4) is 0 Å². The van der Waals surface area contributed by atoms with E-state index in [2.05, 4.69) is 41.4 Å². The van der Waals surface area contributed by atoms with E-state index in [1.807, 2.05) is 0 Å². The van der Waals surface area contributed by atoms with E-state index in [-0.39, 0.29) is 0 Å². The smallest absolute Gasteiger partial charge is 0.119 e. The first kappa shape index (κ1) is 11.8. The normalized spacial score (nSPS) is 28.2. The van der Waals surface area contributed by atoms with Gasteiger partial charge in [-0.15, -0.1) is 0 Å². The summed E-state index contributed by atoms with van der Waals surface area (Å²) in [7, 11) is 1.71. The lowest BCUT2D eigenvalue weighted by molar-refractivity contribution is 0.375. The average Bonchev–Trinajstić information content (AvgIpc) is 3.24. The summed E-state index contributed by atoms with van der Waals surface area (Å²) in [6.45, 7) is 4.52. The number of nitrogens with one attached hydrogen (secondary N) is 1. The van der Waals surface area contributed by atoms with Crippen LogP contribution in [0.15, 0.2) is 24.3 Å². The zero-order chi connectivity index (χ0) is 12.5. The van der Waals surface area contributed by atoms with Crippen molar-refractivity contribution in [1.82, 2.24) is 5.32 Å². The van der Waals surface area contributed by atoms with Crippen LogP contribution in [0.1, 0.15) is 19.8 Å². The lowest BCUT2D eigenvalue weighted by atomic mass is 10.1. The standard InChI is InChI=1S/C15H22N2O/c1-11-9-16-15(12-3-4-12)10-17(11)13-5-7-14(18-2)8-6-13/h5-8,11-12,15-16H,3-4,9-10H2,1-2H3. The van der Waals surface area contributed by atoms with E-state index in [0.717, 1.165) is 24.8 Å². The molecule has 3 heteroatoms. The van der Waals surface area contributed by atoms with E-state index < -0.39 is 0 Å². The highest BCUT2D eigenvalue weighted by molar-refractivity contribution is 5.50. The number of hydrogen-bond donors (Lipinski definition) is 1. The molecular weight excluding hydrogens is 224 g/mol. The van der Waals surface area contributed by atoms with Crippen molar-refractivity contribution >= 4 is 5.69 Å². The minimum absolute atomic E-state index is 0.563. The third-order valence-electron chi connectivity index (χ3n) is 4.20. The maximum absolute atomic E-state index is 5.22. The number of piperazine rings is 1. The molecule has 1 aliphatic heterocycles. The van der Waals surface area contributed by atoms with Gasteiger partial charge in [-0.2, -0.15) is 0 Å². The van der Waals surface area contributed by atoms with Gasteiger partial charge in [-0.05, 0) is 49.9 Å². The van der Waals surface area contributed by atoms with Crippen molar-refractivity contribution in [2.45, 2.75) is 31.8 Å². The van der Waals surface area contributed by atoms with Crippen LogP contribution in [-0.2, 0) is 0 Å². The molecule has 0 amide bonds. The van der Waals surface area contributed by atoms with E-state index in [9.17, 15) is 0 Å². The first-order chi connectivity index (χ1) is 8.78. The van der Waals surface area contributed by atoms with E-state index in [1.165, 1.54) is 18.5 Å². The summed E-state index contributed by atoms with van der Waals surface area (Å²) < 4.78 is 5.22. The summed E-state index contributed by atoms with van der Waals surface area (Å²) in [5.74, 6) is 1.85. The lowest BCUT2D eigenvalue weighted by Gasteiger charge is -2.40. The SMILES string of the molecule is COc1ccc(N2CC(C3CC3)NCC2C)cc1. The van der Waals surface area contributed by atoms with Crippen LogP contribution in [0.5, 0.6) is 5.75 Å². The summed E-state index contributed by atoms with van der Waals surface area (Å²) in [4.78, 5) is 2.53. The van der Waals surface area contributed by atoms with Crippen molar-refractivity contribution in [1.29, 1.82) is 0 Å². The average molecular weight is 246 g/mol. The van der Waals surface area contributed by atoms with Crippen molar-refractivity contribution in [3.8, 4) is 5.75 Å². The molecule has 3 nitrogen and oxygen atoms in total. The van der Waals surface area contributed by atoms with Gasteiger partial charge in [0.1, 0.15) is 5.75 Å². The third kappa shape index (κ3) is 2.32. The quantitative estimate of drug-likeness (QED) is 0.885. The van der Waals surface area contributed by atoms with E-state index >= 15 is 0 Å². The molecule has 1 aromatic carbocycles. The molecule has 3 rings (SSSR count). The van der Waals surface area contributed by atoms with Crippen molar-refractivity contribution in [2.75, 3.05) is 25.1 Å².